The SMILES string of the molecule is CC(C)c1c(NN)ncnc1OCCCc1ccccc1. The van der Waals surface area contributed by atoms with Gasteiger partial charge in [-0.25, -0.2) is 15.8 Å². The number of hydrogen-bond donors (Lipinski definition) is 2. The highest BCUT2D eigenvalue weighted by molar-refractivity contribution is 5.49. The fourth-order valence-corrected chi connectivity index (χ4v) is 2.22. The summed E-state index contributed by atoms with van der Waals surface area (Å²) in [6.07, 6.45) is 3.40. The maximum atomic E-state index is 5.82. The van der Waals surface area contributed by atoms with E-state index in [4.69, 9.17) is 10.6 Å². The molecule has 3 N–H and O–H groups in total. The van der Waals surface area contributed by atoms with Gasteiger partial charge in [0.2, 0.25) is 5.88 Å². The van der Waals surface area contributed by atoms with E-state index in [0.717, 1.165) is 18.4 Å². The molecule has 2 rings (SSSR count). The van der Waals surface area contributed by atoms with Crippen molar-refractivity contribution < 1.29 is 4.74 Å². The zero-order valence-electron chi connectivity index (χ0n) is 12.5. The molecule has 0 aliphatic rings. The lowest BCUT2D eigenvalue weighted by molar-refractivity contribution is 0.294. The van der Waals surface area contributed by atoms with Crippen LogP contribution in [-0.2, 0) is 6.42 Å². The number of nitrogens with two attached hydrogens (primary N) is 1. The van der Waals surface area contributed by atoms with Crippen molar-refractivity contribution in [2.24, 2.45) is 5.84 Å². The van der Waals surface area contributed by atoms with Crippen molar-refractivity contribution in [1.29, 1.82) is 0 Å². The molecular weight excluding hydrogens is 264 g/mol. The van der Waals surface area contributed by atoms with Crippen LogP contribution in [0.5, 0.6) is 5.88 Å². The first kappa shape index (κ1) is 15.3. The Bertz CT molecular complexity index is 557. The number of rotatable bonds is 7. The molecule has 0 aliphatic carbocycles. The van der Waals surface area contributed by atoms with Gasteiger partial charge in [-0.15, -0.1) is 0 Å². The van der Waals surface area contributed by atoms with Crippen molar-refractivity contribution in [2.45, 2.75) is 32.6 Å². The Morgan fingerprint density at radius 3 is 2.62 bits per heavy atom. The standard InChI is InChI=1S/C16H22N4O/c1-12(2)14-15(20-17)18-11-19-16(14)21-10-6-9-13-7-4-3-5-8-13/h3-5,7-8,11-12H,6,9-10,17H2,1-2H3,(H,18,19,20). The monoisotopic (exact) mass is 286 g/mol. The molecule has 21 heavy (non-hydrogen) atoms. The fourth-order valence-electron chi connectivity index (χ4n) is 2.22. The Morgan fingerprint density at radius 1 is 1.19 bits per heavy atom. The van der Waals surface area contributed by atoms with E-state index >= 15 is 0 Å². The summed E-state index contributed by atoms with van der Waals surface area (Å²) in [5.41, 5.74) is 4.84. The second-order valence-electron chi connectivity index (χ2n) is 5.18. The van der Waals surface area contributed by atoms with Gasteiger partial charge >= 0.3 is 0 Å². The lowest BCUT2D eigenvalue weighted by Gasteiger charge is -2.15. The quantitative estimate of drug-likeness (QED) is 0.465. The number of aromatic nitrogens is 2. The number of anilines is 1. The highest BCUT2D eigenvalue weighted by atomic mass is 16.5. The summed E-state index contributed by atoms with van der Waals surface area (Å²) in [5, 5.41) is 0. The van der Waals surface area contributed by atoms with Crippen LogP contribution in [-0.4, -0.2) is 16.6 Å². The molecule has 0 aliphatic heterocycles. The van der Waals surface area contributed by atoms with E-state index in [1.807, 2.05) is 6.07 Å². The molecule has 0 radical (unpaired) electrons. The Kier molecular flexibility index (Phi) is 5.51. The van der Waals surface area contributed by atoms with Gasteiger partial charge < -0.3 is 10.2 Å². The molecule has 0 unspecified atom stereocenters. The minimum Gasteiger partial charge on any atom is -0.477 e. The zero-order chi connectivity index (χ0) is 15.1. The topological polar surface area (TPSA) is 73.1 Å². The third-order valence-electron chi connectivity index (χ3n) is 3.25. The van der Waals surface area contributed by atoms with Gasteiger partial charge in [0.25, 0.3) is 0 Å². The van der Waals surface area contributed by atoms with Crippen molar-refractivity contribution >= 4 is 5.82 Å². The first-order valence-corrected chi connectivity index (χ1v) is 7.20. The van der Waals surface area contributed by atoms with Gasteiger partial charge in [-0.1, -0.05) is 44.2 Å². The minimum atomic E-state index is 0.237. The van der Waals surface area contributed by atoms with Gasteiger partial charge in [0.15, 0.2) is 5.82 Å². The van der Waals surface area contributed by atoms with Gasteiger partial charge in [0.05, 0.1) is 12.2 Å². The van der Waals surface area contributed by atoms with Gasteiger partial charge in [0.1, 0.15) is 6.33 Å². The van der Waals surface area contributed by atoms with Crippen LogP contribution in [0.15, 0.2) is 36.7 Å². The normalized spacial score (nSPS) is 10.7. The molecule has 1 aromatic heterocycles. The average molecular weight is 286 g/mol. The number of hydrazine groups is 1. The number of nitrogens with zero attached hydrogens (tertiary/aromatic N) is 2. The Hall–Kier alpha value is -2.14. The van der Waals surface area contributed by atoms with Crippen molar-refractivity contribution in [2.75, 3.05) is 12.0 Å². The largest absolute Gasteiger partial charge is 0.477 e. The van der Waals surface area contributed by atoms with Crippen LogP contribution in [0.1, 0.15) is 37.3 Å². The summed E-state index contributed by atoms with van der Waals surface area (Å²) in [7, 11) is 0. The van der Waals surface area contributed by atoms with Gasteiger partial charge in [-0.2, -0.15) is 0 Å². The molecule has 0 bridgehead atoms. The molecule has 0 spiro atoms. The maximum absolute atomic E-state index is 5.82. The molecular formula is C16H22N4O. The van der Waals surface area contributed by atoms with Gasteiger partial charge in [-0.3, -0.25) is 0 Å². The Labute approximate surface area is 125 Å². The lowest BCUT2D eigenvalue weighted by Crippen LogP contribution is -2.14. The summed E-state index contributed by atoms with van der Waals surface area (Å²) in [6, 6.07) is 10.4. The number of nitrogen functional groups attached to an aromatic ring is 1. The maximum Gasteiger partial charge on any atom is 0.222 e. The predicted molar refractivity (Wildman–Crippen MR) is 84.2 cm³/mol. The molecule has 112 valence electrons. The van der Waals surface area contributed by atoms with Crippen molar-refractivity contribution in [3.63, 3.8) is 0 Å². The van der Waals surface area contributed by atoms with Crippen LogP contribution in [0.4, 0.5) is 5.82 Å². The highest BCUT2D eigenvalue weighted by Gasteiger charge is 2.15. The van der Waals surface area contributed by atoms with E-state index in [1.165, 1.54) is 11.9 Å². The predicted octanol–water partition coefficient (Wildman–Crippen LogP) is 2.90. The molecule has 5 heteroatoms. The lowest BCUT2D eigenvalue weighted by atomic mass is 10.1. The van der Waals surface area contributed by atoms with Crippen LogP contribution in [0.2, 0.25) is 0 Å². The smallest absolute Gasteiger partial charge is 0.222 e. The Morgan fingerprint density at radius 2 is 1.95 bits per heavy atom. The van der Waals surface area contributed by atoms with Crippen LogP contribution in [0.3, 0.4) is 0 Å². The van der Waals surface area contributed by atoms with E-state index in [2.05, 4.69) is 53.5 Å². The summed E-state index contributed by atoms with van der Waals surface area (Å²) in [4.78, 5) is 8.35. The Balaban J connectivity index is 1.94. The zero-order valence-corrected chi connectivity index (χ0v) is 12.5. The number of nitrogens with one attached hydrogen (secondary N) is 1. The van der Waals surface area contributed by atoms with Gasteiger partial charge in [0, 0.05) is 0 Å². The fraction of sp³-hybridized carbons (Fsp3) is 0.375. The first-order chi connectivity index (χ1) is 10.2. The molecule has 2 aromatic rings. The van der Waals surface area contributed by atoms with Crippen LogP contribution in [0.25, 0.3) is 0 Å². The third-order valence-corrected chi connectivity index (χ3v) is 3.25. The second-order valence-corrected chi connectivity index (χ2v) is 5.18. The third kappa shape index (κ3) is 4.16. The summed E-state index contributed by atoms with van der Waals surface area (Å²) in [6.45, 7) is 4.75. The van der Waals surface area contributed by atoms with Crippen molar-refractivity contribution in [3.05, 3.63) is 47.8 Å². The van der Waals surface area contributed by atoms with E-state index in [1.54, 1.807) is 0 Å². The molecule has 0 fully saturated rings. The molecule has 1 heterocycles. The van der Waals surface area contributed by atoms with E-state index in [-0.39, 0.29) is 5.92 Å². The first-order valence-electron chi connectivity index (χ1n) is 7.20. The molecule has 5 nitrogen and oxygen atoms in total. The van der Waals surface area contributed by atoms with E-state index < -0.39 is 0 Å². The van der Waals surface area contributed by atoms with Crippen LogP contribution >= 0.6 is 0 Å². The van der Waals surface area contributed by atoms with E-state index in [0.29, 0.717) is 18.3 Å². The summed E-state index contributed by atoms with van der Waals surface area (Å²) in [5.74, 6) is 6.96. The van der Waals surface area contributed by atoms with Crippen LogP contribution in [0, 0.1) is 0 Å². The second kappa shape index (κ2) is 7.59. The average Bonchev–Trinajstić information content (AvgIpc) is 2.52. The number of benzene rings is 1. The molecule has 0 amide bonds. The highest BCUT2D eigenvalue weighted by Crippen LogP contribution is 2.29. The molecule has 0 saturated carbocycles. The molecule has 1 aromatic carbocycles. The van der Waals surface area contributed by atoms with Crippen molar-refractivity contribution in [3.8, 4) is 5.88 Å². The van der Waals surface area contributed by atoms with E-state index in [9.17, 15) is 0 Å². The summed E-state index contributed by atoms with van der Waals surface area (Å²) < 4.78 is 5.82. The number of aryl methyl sites for hydroxylation is 1. The number of hydrogen-bond acceptors (Lipinski definition) is 5. The van der Waals surface area contributed by atoms with Crippen LogP contribution < -0.4 is 16.0 Å². The molecule has 0 saturated heterocycles. The minimum absolute atomic E-state index is 0.237. The summed E-state index contributed by atoms with van der Waals surface area (Å²) >= 11 is 0. The van der Waals surface area contributed by atoms with Gasteiger partial charge in [-0.05, 0) is 24.3 Å². The van der Waals surface area contributed by atoms with Crippen molar-refractivity contribution in [1.82, 2.24) is 9.97 Å². The molecule has 0 atom stereocenters. The number of ether oxygens (including phenoxy) is 1.